The Bertz CT molecular complexity index is 576. The maximum atomic E-state index is 12.9. The van der Waals surface area contributed by atoms with E-state index in [0.29, 0.717) is 18.7 Å². The summed E-state index contributed by atoms with van der Waals surface area (Å²) in [6, 6.07) is 5.73. The molecule has 2 atom stereocenters. The molecular weight excluding hydrogens is 299 g/mol. The lowest BCUT2D eigenvalue weighted by Gasteiger charge is -2.30. The van der Waals surface area contributed by atoms with Crippen LogP contribution in [0.4, 0.5) is 4.39 Å². The van der Waals surface area contributed by atoms with Gasteiger partial charge in [-0.1, -0.05) is 6.42 Å². The molecule has 1 aromatic carbocycles. The Hall–Kier alpha value is -2.11. The van der Waals surface area contributed by atoms with Gasteiger partial charge < -0.3 is 15.0 Å². The molecule has 0 unspecified atom stereocenters. The molecular formula is C17H21FN2O3. The van der Waals surface area contributed by atoms with Crippen LogP contribution >= 0.6 is 0 Å². The number of hydrogen-bond acceptors (Lipinski definition) is 3. The minimum absolute atomic E-state index is 0.0533. The standard InChI is InChI=1S/C17H21FN2O3/c18-12-5-7-13(8-6-12)23-11-17(22)20-10-9-14-15(20)3-1-2-4-16(21)19-14/h5-8,14-15H,1-4,9-11H2,(H,19,21)/t14-,15+/m0/s1. The fourth-order valence-corrected chi connectivity index (χ4v) is 3.37. The summed E-state index contributed by atoms with van der Waals surface area (Å²) < 4.78 is 18.3. The predicted octanol–water partition coefficient (Wildman–Crippen LogP) is 1.86. The van der Waals surface area contributed by atoms with Crippen molar-refractivity contribution >= 4 is 11.8 Å². The highest BCUT2D eigenvalue weighted by molar-refractivity contribution is 5.79. The molecule has 3 rings (SSSR count). The van der Waals surface area contributed by atoms with Gasteiger partial charge in [0.05, 0.1) is 12.1 Å². The van der Waals surface area contributed by atoms with Crippen LogP contribution in [-0.2, 0) is 9.59 Å². The number of likely N-dealkylation sites (tertiary alicyclic amines) is 1. The van der Waals surface area contributed by atoms with Crippen LogP contribution in [0, 0.1) is 5.82 Å². The number of hydrogen-bond donors (Lipinski definition) is 1. The van der Waals surface area contributed by atoms with Crippen molar-refractivity contribution in [3.8, 4) is 5.75 Å². The van der Waals surface area contributed by atoms with Gasteiger partial charge >= 0.3 is 0 Å². The molecule has 5 nitrogen and oxygen atoms in total. The highest BCUT2D eigenvalue weighted by atomic mass is 19.1. The van der Waals surface area contributed by atoms with Crippen LogP contribution in [-0.4, -0.2) is 41.9 Å². The third-order valence-electron chi connectivity index (χ3n) is 4.54. The molecule has 0 spiro atoms. The average molecular weight is 320 g/mol. The van der Waals surface area contributed by atoms with Crippen molar-refractivity contribution in [1.82, 2.24) is 10.2 Å². The SMILES string of the molecule is O=C1CCCC[C@@H]2[C@H](CCN2C(=O)COc2ccc(F)cc2)N1. The topological polar surface area (TPSA) is 58.6 Å². The van der Waals surface area contributed by atoms with Crippen LogP contribution < -0.4 is 10.1 Å². The molecule has 2 heterocycles. The molecule has 2 fully saturated rings. The number of rotatable bonds is 3. The van der Waals surface area contributed by atoms with Crippen molar-refractivity contribution in [3.05, 3.63) is 30.1 Å². The summed E-state index contributed by atoms with van der Waals surface area (Å²) in [5.74, 6) is 0.131. The number of nitrogens with zero attached hydrogens (tertiary/aromatic N) is 1. The third-order valence-corrected chi connectivity index (χ3v) is 4.54. The minimum atomic E-state index is -0.337. The lowest BCUT2D eigenvalue weighted by atomic mass is 9.99. The third kappa shape index (κ3) is 3.81. The van der Waals surface area contributed by atoms with Crippen molar-refractivity contribution in [3.63, 3.8) is 0 Å². The molecule has 0 radical (unpaired) electrons. The highest BCUT2D eigenvalue weighted by Gasteiger charge is 2.38. The zero-order chi connectivity index (χ0) is 16.2. The molecule has 2 aliphatic heterocycles. The van der Waals surface area contributed by atoms with Gasteiger partial charge in [0, 0.05) is 13.0 Å². The normalized spacial score (nSPS) is 24.4. The lowest BCUT2D eigenvalue weighted by Crippen LogP contribution is -2.48. The summed E-state index contributed by atoms with van der Waals surface area (Å²) >= 11 is 0. The molecule has 2 saturated heterocycles. The Labute approximate surface area is 134 Å². The van der Waals surface area contributed by atoms with Crippen molar-refractivity contribution in [2.45, 2.75) is 44.2 Å². The van der Waals surface area contributed by atoms with Crippen LogP contribution in [0.3, 0.4) is 0 Å². The van der Waals surface area contributed by atoms with Crippen LogP contribution in [0.15, 0.2) is 24.3 Å². The van der Waals surface area contributed by atoms with Gasteiger partial charge in [0.2, 0.25) is 5.91 Å². The number of carbonyl (C=O) groups is 2. The van der Waals surface area contributed by atoms with Crippen LogP contribution in [0.1, 0.15) is 32.1 Å². The molecule has 23 heavy (non-hydrogen) atoms. The zero-order valence-corrected chi connectivity index (χ0v) is 13.0. The largest absolute Gasteiger partial charge is 0.484 e. The van der Waals surface area contributed by atoms with E-state index in [2.05, 4.69) is 5.32 Å². The van der Waals surface area contributed by atoms with Gasteiger partial charge in [0.15, 0.2) is 6.61 Å². The smallest absolute Gasteiger partial charge is 0.260 e. The van der Waals surface area contributed by atoms with Gasteiger partial charge in [-0.3, -0.25) is 9.59 Å². The maximum Gasteiger partial charge on any atom is 0.260 e. The quantitative estimate of drug-likeness (QED) is 0.925. The Kier molecular flexibility index (Phi) is 4.79. The zero-order valence-electron chi connectivity index (χ0n) is 13.0. The summed E-state index contributed by atoms with van der Waals surface area (Å²) in [5, 5.41) is 3.03. The number of nitrogens with one attached hydrogen (secondary N) is 1. The summed E-state index contributed by atoms with van der Waals surface area (Å²) in [4.78, 5) is 26.0. The Morgan fingerprint density at radius 3 is 2.83 bits per heavy atom. The van der Waals surface area contributed by atoms with E-state index in [0.717, 1.165) is 25.7 Å². The van der Waals surface area contributed by atoms with Gasteiger partial charge in [-0.2, -0.15) is 0 Å². The molecule has 1 N–H and O–H groups in total. The first-order chi connectivity index (χ1) is 11.1. The van der Waals surface area contributed by atoms with Crippen molar-refractivity contribution in [2.24, 2.45) is 0 Å². The maximum absolute atomic E-state index is 12.9. The second kappa shape index (κ2) is 6.98. The van der Waals surface area contributed by atoms with E-state index in [-0.39, 0.29) is 36.3 Å². The molecule has 0 aromatic heterocycles. The van der Waals surface area contributed by atoms with Crippen LogP contribution in [0.5, 0.6) is 5.75 Å². The van der Waals surface area contributed by atoms with Gasteiger partial charge in [0.1, 0.15) is 11.6 Å². The molecule has 6 heteroatoms. The van der Waals surface area contributed by atoms with E-state index in [1.807, 2.05) is 4.90 Å². The number of carbonyl (C=O) groups excluding carboxylic acids is 2. The first-order valence-electron chi connectivity index (χ1n) is 8.11. The Balaban J connectivity index is 1.58. The number of amides is 2. The second-order valence-electron chi connectivity index (χ2n) is 6.11. The first-order valence-corrected chi connectivity index (χ1v) is 8.11. The fraction of sp³-hybridized carbons (Fsp3) is 0.529. The monoisotopic (exact) mass is 320 g/mol. The fourth-order valence-electron chi connectivity index (χ4n) is 3.37. The average Bonchev–Trinajstić information content (AvgIpc) is 2.90. The molecule has 2 amide bonds. The van der Waals surface area contributed by atoms with Gasteiger partial charge in [-0.25, -0.2) is 4.39 Å². The van der Waals surface area contributed by atoms with E-state index in [4.69, 9.17) is 4.74 Å². The van der Waals surface area contributed by atoms with Crippen LogP contribution in [0.2, 0.25) is 0 Å². The molecule has 0 aliphatic carbocycles. The first kappa shape index (κ1) is 15.8. The number of halogens is 1. The van der Waals surface area contributed by atoms with Crippen LogP contribution in [0.25, 0.3) is 0 Å². The molecule has 0 saturated carbocycles. The number of benzene rings is 1. The van der Waals surface area contributed by atoms with E-state index in [1.54, 1.807) is 0 Å². The Morgan fingerprint density at radius 2 is 2.04 bits per heavy atom. The molecule has 1 aromatic rings. The van der Waals surface area contributed by atoms with Gasteiger partial charge in [-0.15, -0.1) is 0 Å². The van der Waals surface area contributed by atoms with E-state index >= 15 is 0 Å². The summed E-state index contributed by atoms with van der Waals surface area (Å²) in [7, 11) is 0. The Morgan fingerprint density at radius 1 is 1.26 bits per heavy atom. The highest BCUT2D eigenvalue weighted by Crippen LogP contribution is 2.25. The number of fused-ring (bicyclic) bond motifs is 1. The molecule has 2 aliphatic rings. The summed E-state index contributed by atoms with van der Waals surface area (Å²) in [6.45, 7) is 0.573. The van der Waals surface area contributed by atoms with E-state index in [1.165, 1.54) is 24.3 Å². The summed E-state index contributed by atoms with van der Waals surface area (Å²) in [5.41, 5.74) is 0. The predicted molar refractivity (Wildman–Crippen MR) is 82.4 cm³/mol. The van der Waals surface area contributed by atoms with Gasteiger partial charge in [-0.05, 0) is 43.5 Å². The van der Waals surface area contributed by atoms with Gasteiger partial charge in [0.25, 0.3) is 5.91 Å². The summed E-state index contributed by atoms with van der Waals surface area (Å²) in [6.07, 6.45) is 4.09. The van der Waals surface area contributed by atoms with E-state index < -0.39 is 0 Å². The number of ether oxygens (including phenoxy) is 1. The van der Waals surface area contributed by atoms with E-state index in [9.17, 15) is 14.0 Å². The molecule has 0 bridgehead atoms. The molecule has 124 valence electrons. The second-order valence-corrected chi connectivity index (χ2v) is 6.11. The lowest BCUT2D eigenvalue weighted by molar-refractivity contribution is -0.135. The minimum Gasteiger partial charge on any atom is -0.484 e. The van der Waals surface area contributed by atoms with Crippen molar-refractivity contribution < 1.29 is 18.7 Å². The van der Waals surface area contributed by atoms with Crippen molar-refractivity contribution in [2.75, 3.05) is 13.2 Å². The van der Waals surface area contributed by atoms with Crippen molar-refractivity contribution in [1.29, 1.82) is 0 Å².